The molecule has 2 bridgehead atoms. The van der Waals surface area contributed by atoms with Gasteiger partial charge in [0, 0.05) is 18.9 Å². The summed E-state index contributed by atoms with van der Waals surface area (Å²) in [5, 5.41) is 12.8. The summed E-state index contributed by atoms with van der Waals surface area (Å²) in [6.45, 7) is 11.0. The van der Waals surface area contributed by atoms with E-state index in [-0.39, 0.29) is 66.1 Å². The van der Waals surface area contributed by atoms with Gasteiger partial charge in [0.05, 0.1) is 24.2 Å². The molecule has 0 spiro atoms. The Morgan fingerprint density at radius 2 is 1.97 bits per heavy atom. The third-order valence-corrected chi connectivity index (χ3v) is 8.62. The molecule has 0 aromatic heterocycles. The number of carbonyl (C=O) groups is 2. The molecule has 0 unspecified atom stereocenters. The van der Waals surface area contributed by atoms with Gasteiger partial charge in [0.1, 0.15) is 5.78 Å². The molecule has 208 valence electrons. The molecule has 1 aliphatic heterocycles. The van der Waals surface area contributed by atoms with Crippen LogP contribution in [0, 0.1) is 39.2 Å². The van der Waals surface area contributed by atoms with E-state index in [1.807, 2.05) is 0 Å². The summed E-state index contributed by atoms with van der Waals surface area (Å²) in [7, 11) is -0.556. The van der Waals surface area contributed by atoms with Crippen LogP contribution >= 0.6 is 0 Å². The summed E-state index contributed by atoms with van der Waals surface area (Å²) in [5.41, 5.74) is 12.6. The quantitative estimate of drug-likeness (QED) is 0.0689. The first-order chi connectivity index (χ1) is 17.3. The molecule has 6 atom stereocenters. The number of rotatable bonds is 13. The maximum absolute atomic E-state index is 13.4. The smallest absolute Gasteiger partial charge is 0.404 e. The van der Waals surface area contributed by atoms with Gasteiger partial charge in [-0.1, -0.05) is 33.1 Å². The van der Waals surface area contributed by atoms with Crippen molar-refractivity contribution in [1.82, 2.24) is 10.7 Å². The lowest BCUT2D eigenvalue weighted by Gasteiger charge is -2.64. The zero-order valence-electron chi connectivity index (χ0n) is 22.7. The Morgan fingerprint density at radius 1 is 1.27 bits per heavy atom. The van der Waals surface area contributed by atoms with Crippen LogP contribution in [0.3, 0.4) is 0 Å². The average molecular weight is 522 g/mol. The van der Waals surface area contributed by atoms with E-state index in [0.717, 1.165) is 12.8 Å². The number of amides is 1. The van der Waals surface area contributed by atoms with E-state index in [0.29, 0.717) is 31.1 Å². The Morgan fingerprint density at radius 3 is 2.57 bits per heavy atom. The van der Waals surface area contributed by atoms with Crippen molar-refractivity contribution in [3.05, 3.63) is 10.1 Å². The van der Waals surface area contributed by atoms with Crippen LogP contribution in [0.5, 0.6) is 0 Å². The van der Waals surface area contributed by atoms with Crippen LogP contribution in [0.2, 0.25) is 0 Å². The molecule has 13 heteroatoms. The van der Waals surface area contributed by atoms with Gasteiger partial charge in [-0.25, -0.2) is 15.1 Å². The second-order valence-electron chi connectivity index (χ2n) is 12.0. The van der Waals surface area contributed by atoms with E-state index < -0.39 is 18.1 Å². The van der Waals surface area contributed by atoms with Gasteiger partial charge in [-0.15, -0.1) is 0 Å². The van der Waals surface area contributed by atoms with Crippen LogP contribution < -0.4 is 22.2 Å². The molecule has 3 aliphatic carbocycles. The molecule has 1 amide bonds. The van der Waals surface area contributed by atoms with Gasteiger partial charge in [0.25, 0.3) is 5.96 Å². The number of nitrogens with one attached hydrogen (secondary N) is 2. The highest BCUT2D eigenvalue weighted by Gasteiger charge is 2.68. The van der Waals surface area contributed by atoms with Gasteiger partial charge >= 0.3 is 7.12 Å². The SMILES string of the molecule is CC(C)C[C@H](NC(=O)[C@H](CCCN=C(N)N[N+](=O)[O-])CC(=O)CN)B1O[C@@H]2C[C@H]3C[C@H](C3(C)C)[C@]2(C)O1. The highest BCUT2D eigenvalue weighted by molar-refractivity contribution is 6.47. The van der Waals surface area contributed by atoms with E-state index >= 15 is 0 Å². The highest BCUT2D eigenvalue weighted by Crippen LogP contribution is 2.65. The summed E-state index contributed by atoms with van der Waals surface area (Å²) in [5.74, 6) is -0.435. The Kier molecular flexibility index (Phi) is 9.23. The summed E-state index contributed by atoms with van der Waals surface area (Å²) in [4.78, 5) is 39.9. The summed E-state index contributed by atoms with van der Waals surface area (Å²) < 4.78 is 13.1. The van der Waals surface area contributed by atoms with Crippen molar-refractivity contribution in [3.63, 3.8) is 0 Å². The largest absolute Gasteiger partial charge is 0.481 e. The monoisotopic (exact) mass is 522 g/mol. The molecule has 0 radical (unpaired) electrons. The molecular weight excluding hydrogens is 479 g/mol. The van der Waals surface area contributed by atoms with Crippen molar-refractivity contribution >= 4 is 24.8 Å². The number of hydrogen-bond donors (Lipinski definition) is 4. The maximum atomic E-state index is 13.4. The van der Waals surface area contributed by atoms with Gasteiger partial charge in [0.2, 0.25) is 5.91 Å². The number of ketones is 1. The van der Waals surface area contributed by atoms with Crippen molar-refractivity contribution in [2.75, 3.05) is 13.1 Å². The third kappa shape index (κ3) is 6.61. The molecule has 6 N–H and O–H groups in total. The molecule has 0 aromatic rings. The average Bonchev–Trinajstić information content (AvgIpc) is 3.16. The Bertz CT molecular complexity index is 901. The van der Waals surface area contributed by atoms with Crippen LogP contribution in [-0.2, 0) is 18.9 Å². The molecule has 37 heavy (non-hydrogen) atoms. The van der Waals surface area contributed by atoms with Crippen LogP contribution in [0.25, 0.3) is 0 Å². The number of aliphatic imine (C=N–C) groups is 1. The zero-order chi connectivity index (χ0) is 27.5. The van der Waals surface area contributed by atoms with Crippen molar-refractivity contribution < 1.29 is 23.9 Å². The van der Waals surface area contributed by atoms with Crippen LogP contribution in [-0.4, -0.2) is 60.5 Å². The van der Waals surface area contributed by atoms with Gasteiger partial charge in [-0.05, 0) is 62.2 Å². The van der Waals surface area contributed by atoms with Crippen LogP contribution in [0.15, 0.2) is 4.99 Å². The minimum atomic E-state index is -0.794. The minimum absolute atomic E-state index is 0.00606. The normalized spacial score (nSPS) is 29.8. The second-order valence-corrected chi connectivity index (χ2v) is 12.0. The fraction of sp³-hybridized carbons (Fsp3) is 0.875. The van der Waals surface area contributed by atoms with Gasteiger partial charge in [-0.2, -0.15) is 0 Å². The standard InChI is InChI=1S/C24H43BN6O6/c1-14(2)9-20(25-36-19-12-16-11-18(23(16,3)4)24(19,5)37-25)29-21(33)15(10-17(32)13-26)7-6-8-28-22(27)30-31(34)35/h14-16,18-20H,6-13,26H2,1-5H3,(H,29,33)(H3,27,28,30)/t15-,16-,18-,19-,20+,24+/m1/s1. The zero-order valence-corrected chi connectivity index (χ0v) is 22.7. The highest BCUT2D eigenvalue weighted by atomic mass is 16.7. The Hall–Kier alpha value is -2.25. The fourth-order valence-corrected chi connectivity index (χ4v) is 6.47. The number of carbonyl (C=O) groups excluding carboxylic acids is 2. The fourth-order valence-electron chi connectivity index (χ4n) is 6.47. The molecule has 4 rings (SSSR count). The predicted molar refractivity (Wildman–Crippen MR) is 140 cm³/mol. The molecular formula is C24H43BN6O6. The molecule has 1 saturated heterocycles. The number of hydrazine groups is 1. The molecule has 4 aliphatic rings. The molecule has 1 heterocycles. The van der Waals surface area contributed by atoms with Gasteiger partial charge in [0.15, 0.2) is 5.03 Å². The first kappa shape index (κ1) is 29.3. The van der Waals surface area contributed by atoms with Crippen LogP contribution in [0.1, 0.15) is 73.1 Å². The first-order valence-corrected chi connectivity index (χ1v) is 13.3. The van der Waals surface area contributed by atoms with E-state index in [2.05, 4.69) is 44.9 Å². The lowest BCUT2D eigenvalue weighted by atomic mass is 9.43. The van der Waals surface area contributed by atoms with E-state index in [1.54, 1.807) is 5.43 Å². The van der Waals surface area contributed by atoms with Crippen molar-refractivity contribution in [2.24, 2.45) is 45.5 Å². The number of hydrogen-bond acceptors (Lipinski definition) is 8. The van der Waals surface area contributed by atoms with Crippen molar-refractivity contribution in [1.29, 1.82) is 0 Å². The Labute approximate surface area is 219 Å². The first-order valence-electron chi connectivity index (χ1n) is 13.3. The van der Waals surface area contributed by atoms with Crippen molar-refractivity contribution in [2.45, 2.75) is 90.8 Å². The molecule has 4 fully saturated rings. The summed E-state index contributed by atoms with van der Waals surface area (Å²) >= 11 is 0. The third-order valence-electron chi connectivity index (χ3n) is 8.62. The summed E-state index contributed by atoms with van der Waals surface area (Å²) in [6.07, 6.45) is 3.55. The second kappa shape index (κ2) is 11.6. The van der Waals surface area contributed by atoms with E-state index in [1.165, 1.54) is 0 Å². The molecule has 3 saturated carbocycles. The molecule has 0 aromatic carbocycles. The van der Waals surface area contributed by atoms with Gasteiger partial charge < -0.3 is 26.1 Å². The van der Waals surface area contributed by atoms with E-state index in [4.69, 9.17) is 20.8 Å². The summed E-state index contributed by atoms with van der Waals surface area (Å²) in [6, 6.07) is 0. The number of Topliss-reactive ketones (excluding diaryl/α,β-unsaturated/α-hetero) is 1. The number of nitro groups is 1. The number of guanidine groups is 1. The van der Waals surface area contributed by atoms with E-state index in [9.17, 15) is 19.7 Å². The number of nitrogens with zero attached hydrogens (tertiary/aromatic N) is 2. The Balaban J connectivity index is 1.66. The van der Waals surface area contributed by atoms with Gasteiger partial charge in [-0.3, -0.25) is 9.59 Å². The topological polar surface area (TPSA) is 184 Å². The minimum Gasteiger partial charge on any atom is -0.404 e. The predicted octanol–water partition coefficient (Wildman–Crippen LogP) is 1.20. The maximum Gasteiger partial charge on any atom is 0.481 e. The molecule has 12 nitrogen and oxygen atoms in total. The lowest BCUT2D eigenvalue weighted by Crippen LogP contribution is -2.65. The van der Waals surface area contributed by atoms with Crippen molar-refractivity contribution in [3.8, 4) is 0 Å². The number of nitrogens with two attached hydrogens (primary N) is 2. The van der Waals surface area contributed by atoms with Crippen LogP contribution in [0.4, 0.5) is 0 Å². The lowest BCUT2D eigenvalue weighted by molar-refractivity contribution is -0.525.